The van der Waals surface area contributed by atoms with Crippen molar-refractivity contribution in [2.24, 2.45) is 0 Å². The smallest absolute Gasteiger partial charge is 0.177 e. The average Bonchev–Trinajstić information content (AvgIpc) is 3.16. The monoisotopic (exact) mass is 419 g/mol. The predicted octanol–water partition coefficient (Wildman–Crippen LogP) is 5.44. The summed E-state index contributed by atoms with van der Waals surface area (Å²) in [6.45, 7) is 0. The van der Waals surface area contributed by atoms with Gasteiger partial charge in [-0.05, 0) is 35.5 Å². The summed E-state index contributed by atoms with van der Waals surface area (Å²) in [5, 5.41) is 11.1. The fourth-order valence-corrected chi connectivity index (χ4v) is 4.41. The second kappa shape index (κ2) is 6.98. The molecule has 2 aromatic carbocycles. The zero-order valence-electron chi connectivity index (χ0n) is 15.4. The highest BCUT2D eigenvalue weighted by atomic mass is 32.1. The van der Waals surface area contributed by atoms with Gasteiger partial charge in [-0.2, -0.15) is 5.10 Å². The van der Waals surface area contributed by atoms with Crippen LogP contribution in [0.1, 0.15) is 22.6 Å². The molecule has 2 aromatic heterocycles. The molecule has 1 atom stereocenters. The third kappa shape index (κ3) is 2.97. The molecule has 1 aliphatic heterocycles. The molecule has 1 unspecified atom stereocenters. The minimum Gasteiger partial charge on any atom is -0.497 e. The number of nitrogens with one attached hydrogen (secondary N) is 4. The summed E-state index contributed by atoms with van der Waals surface area (Å²) >= 11 is 11.0. The van der Waals surface area contributed by atoms with Gasteiger partial charge < -0.3 is 20.0 Å². The topological polar surface area (TPSA) is 81.5 Å². The number of hydrogen-bond acceptors (Lipinski definition) is 5. The molecule has 4 N–H and O–H groups in total. The first-order valence-corrected chi connectivity index (χ1v) is 9.88. The third-order valence-corrected chi connectivity index (χ3v) is 5.64. The van der Waals surface area contributed by atoms with Gasteiger partial charge >= 0.3 is 0 Å². The molecule has 3 heterocycles. The van der Waals surface area contributed by atoms with Gasteiger partial charge in [-0.3, -0.25) is 5.10 Å². The Labute approximate surface area is 177 Å². The van der Waals surface area contributed by atoms with E-state index >= 15 is 0 Å². The summed E-state index contributed by atoms with van der Waals surface area (Å²) in [5.74, 6) is 2.19. The Morgan fingerprint density at radius 2 is 1.69 bits per heavy atom. The number of ether oxygens (including phenoxy) is 1. The summed E-state index contributed by atoms with van der Waals surface area (Å²) in [7, 11) is 1.66. The van der Waals surface area contributed by atoms with Crippen molar-refractivity contribution in [2.75, 3.05) is 12.4 Å². The van der Waals surface area contributed by atoms with Gasteiger partial charge in [0.1, 0.15) is 16.2 Å². The number of H-pyrrole nitrogens is 3. The molecule has 0 aliphatic carbocycles. The summed E-state index contributed by atoms with van der Waals surface area (Å²) in [5.41, 5.74) is 5.07. The highest BCUT2D eigenvalue weighted by Crippen LogP contribution is 2.47. The summed E-state index contributed by atoms with van der Waals surface area (Å²) in [4.78, 5) is 6.27. The minimum absolute atomic E-state index is 0.128. The number of nitrogens with zero attached hydrogens (tertiary/aromatic N) is 1. The molecular formula is C21H17N5OS2. The predicted molar refractivity (Wildman–Crippen MR) is 118 cm³/mol. The lowest BCUT2D eigenvalue weighted by atomic mass is 9.82. The molecular weight excluding hydrogens is 402 g/mol. The van der Waals surface area contributed by atoms with Crippen molar-refractivity contribution < 1.29 is 4.74 Å². The number of methoxy groups -OCH3 is 1. The highest BCUT2D eigenvalue weighted by Gasteiger charge is 2.34. The van der Waals surface area contributed by atoms with Crippen LogP contribution in [0, 0.1) is 9.41 Å². The number of aromatic nitrogens is 4. The van der Waals surface area contributed by atoms with E-state index in [4.69, 9.17) is 29.2 Å². The van der Waals surface area contributed by atoms with Gasteiger partial charge in [-0.15, -0.1) is 0 Å². The van der Waals surface area contributed by atoms with Crippen LogP contribution in [0.4, 0.5) is 11.6 Å². The highest BCUT2D eigenvalue weighted by molar-refractivity contribution is 7.72. The molecule has 8 heteroatoms. The van der Waals surface area contributed by atoms with Crippen LogP contribution in [-0.2, 0) is 0 Å². The maximum absolute atomic E-state index is 5.68. The zero-order valence-corrected chi connectivity index (χ0v) is 17.1. The Morgan fingerprint density at radius 3 is 2.41 bits per heavy atom. The molecule has 0 radical (unpaired) electrons. The molecule has 0 saturated carbocycles. The fraction of sp³-hybridized carbons (Fsp3) is 0.0952. The average molecular weight is 420 g/mol. The quantitative estimate of drug-likeness (QED) is 0.293. The van der Waals surface area contributed by atoms with Gasteiger partial charge in [0.05, 0.1) is 12.8 Å². The van der Waals surface area contributed by atoms with Crippen molar-refractivity contribution in [3.8, 4) is 17.0 Å². The van der Waals surface area contributed by atoms with E-state index in [0.717, 1.165) is 45.3 Å². The van der Waals surface area contributed by atoms with Gasteiger partial charge in [0.25, 0.3) is 0 Å². The maximum atomic E-state index is 5.68. The summed E-state index contributed by atoms with van der Waals surface area (Å²) in [6.07, 6.45) is 0. The number of fused-ring (bicyclic) bond motifs is 2. The lowest BCUT2D eigenvalue weighted by Gasteiger charge is -2.27. The van der Waals surface area contributed by atoms with Crippen LogP contribution in [0.15, 0.2) is 54.6 Å². The summed E-state index contributed by atoms with van der Waals surface area (Å²) < 4.78 is 6.40. The van der Waals surface area contributed by atoms with Crippen LogP contribution in [-0.4, -0.2) is 27.3 Å². The third-order valence-electron chi connectivity index (χ3n) is 5.12. The van der Waals surface area contributed by atoms with E-state index in [9.17, 15) is 0 Å². The molecule has 0 amide bonds. The maximum Gasteiger partial charge on any atom is 0.177 e. The molecule has 6 nitrogen and oxygen atoms in total. The van der Waals surface area contributed by atoms with Gasteiger partial charge in [0.2, 0.25) is 0 Å². The first-order chi connectivity index (χ1) is 14.2. The molecule has 4 aromatic rings. The SMILES string of the molecule is COc1ccc(C2c3c(n[nH]c3-c3ccccc3)Nc3[nH]c(=S)[nH]c(=S)c32)cc1. The van der Waals surface area contributed by atoms with E-state index in [1.165, 1.54) is 0 Å². The van der Waals surface area contributed by atoms with Gasteiger partial charge in [-0.1, -0.05) is 54.7 Å². The van der Waals surface area contributed by atoms with Crippen molar-refractivity contribution in [2.45, 2.75) is 5.92 Å². The summed E-state index contributed by atoms with van der Waals surface area (Å²) in [6, 6.07) is 18.2. The number of aromatic amines is 3. The Balaban J connectivity index is 1.79. The first kappa shape index (κ1) is 17.8. The number of rotatable bonds is 3. The van der Waals surface area contributed by atoms with E-state index in [-0.39, 0.29) is 5.92 Å². The molecule has 144 valence electrons. The Morgan fingerprint density at radius 1 is 0.931 bits per heavy atom. The zero-order chi connectivity index (χ0) is 20.0. The Bertz CT molecular complexity index is 1310. The van der Waals surface area contributed by atoms with Crippen molar-refractivity contribution in [1.29, 1.82) is 0 Å². The Kier molecular flexibility index (Phi) is 4.30. The van der Waals surface area contributed by atoms with Crippen molar-refractivity contribution >= 4 is 36.1 Å². The van der Waals surface area contributed by atoms with E-state index in [0.29, 0.717) is 9.41 Å². The van der Waals surface area contributed by atoms with Crippen LogP contribution >= 0.6 is 24.4 Å². The number of benzene rings is 2. The standard InChI is InChI=1S/C21H17N5OS2/c1-27-13-9-7-11(8-10-13)14-15-17(12-5-3-2-4-6-12)25-26-19(15)22-18-16(14)20(28)24-21(29)23-18/h2-10,14H,1H3,(H4,22,23,24,25,26,28,29). The van der Waals surface area contributed by atoms with Crippen molar-refractivity contribution in [1.82, 2.24) is 20.2 Å². The molecule has 0 saturated heterocycles. The second-order valence-electron chi connectivity index (χ2n) is 6.76. The van der Waals surface area contributed by atoms with Gasteiger partial charge in [-0.25, -0.2) is 0 Å². The minimum atomic E-state index is -0.128. The number of hydrogen-bond donors (Lipinski definition) is 4. The normalized spacial score (nSPS) is 14.6. The van der Waals surface area contributed by atoms with E-state index in [2.05, 4.69) is 49.7 Å². The molecule has 0 bridgehead atoms. The van der Waals surface area contributed by atoms with Crippen molar-refractivity contribution in [3.63, 3.8) is 0 Å². The molecule has 0 spiro atoms. The Hall–Kier alpha value is -3.23. The van der Waals surface area contributed by atoms with Crippen LogP contribution < -0.4 is 10.1 Å². The van der Waals surface area contributed by atoms with Crippen LogP contribution in [0.5, 0.6) is 5.75 Å². The molecule has 0 fully saturated rings. The fourth-order valence-electron chi connectivity index (χ4n) is 3.81. The number of anilines is 2. The van der Waals surface area contributed by atoms with Crippen molar-refractivity contribution in [3.05, 3.63) is 80.7 Å². The van der Waals surface area contributed by atoms with E-state index < -0.39 is 0 Å². The van der Waals surface area contributed by atoms with E-state index in [1.54, 1.807) is 7.11 Å². The molecule has 5 rings (SSSR count). The largest absolute Gasteiger partial charge is 0.497 e. The van der Waals surface area contributed by atoms with E-state index in [1.807, 2.05) is 30.3 Å². The first-order valence-electron chi connectivity index (χ1n) is 9.07. The lowest BCUT2D eigenvalue weighted by Crippen LogP contribution is -2.16. The molecule has 1 aliphatic rings. The second-order valence-corrected chi connectivity index (χ2v) is 7.57. The van der Waals surface area contributed by atoms with Crippen LogP contribution in [0.2, 0.25) is 0 Å². The van der Waals surface area contributed by atoms with Gasteiger partial charge in [0.15, 0.2) is 10.6 Å². The lowest BCUT2D eigenvalue weighted by molar-refractivity contribution is 0.414. The van der Waals surface area contributed by atoms with Crippen LogP contribution in [0.3, 0.4) is 0 Å². The van der Waals surface area contributed by atoms with Gasteiger partial charge in [0, 0.05) is 17.0 Å². The van der Waals surface area contributed by atoms with Crippen LogP contribution in [0.25, 0.3) is 11.3 Å². The molecule has 29 heavy (non-hydrogen) atoms.